The fourth-order valence-corrected chi connectivity index (χ4v) is 7.29. The maximum Gasteiger partial charge on any atom is 0.0998 e. The summed E-state index contributed by atoms with van der Waals surface area (Å²) in [4.78, 5) is 0. The predicted molar refractivity (Wildman–Crippen MR) is 200 cm³/mol. The summed E-state index contributed by atoms with van der Waals surface area (Å²) < 4.78 is 2.06. The summed E-state index contributed by atoms with van der Waals surface area (Å²) in [5.41, 5.74) is 9.38. The molecule has 0 saturated carbocycles. The van der Waals surface area contributed by atoms with Crippen molar-refractivity contribution < 1.29 is 8.97 Å². The van der Waals surface area contributed by atoms with Crippen molar-refractivity contribution >= 4 is 18.2 Å². The highest BCUT2D eigenvalue weighted by atomic mass is 15.3. The summed E-state index contributed by atoms with van der Waals surface area (Å²) in [5.74, 6) is 0. The molecule has 0 unspecified atom stereocenters. The average Bonchev–Trinajstić information content (AvgIpc) is 3.30. The standard InChI is InChI=1S/C43H56N4/c1-8-35-30-38(33-45)36(31-37(35)32-44)23-21-34-22-24-40-39-19-13-14-20-41(39)43(42(40)29-34,25-15-9-11-17-27-46(2,3)4)26-16-10-12-18-28-47(5,6)7/h8,13-14,19-24,29-31H,1,9-12,15-18,25-28H2,2-7H3/q+2/b23-21+. The minimum Gasteiger partial charge on any atom is -0.331 e. The lowest BCUT2D eigenvalue weighted by atomic mass is 9.70. The van der Waals surface area contributed by atoms with E-state index < -0.39 is 0 Å². The van der Waals surface area contributed by atoms with Gasteiger partial charge in [-0.3, -0.25) is 0 Å². The number of nitriles is 2. The molecular weight excluding hydrogens is 573 g/mol. The van der Waals surface area contributed by atoms with Gasteiger partial charge in [0.1, 0.15) is 0 Å². The summed E-state index contributed by atoms with van der Waals surface area (Å²) in [5, 5.41) is 19.5. The molecule has 3 aromatic carbocycles. The van der Waals surface area contributed by atoms with Crippen LogP contribution < -0.4 is 0 Å². The highest BCUT2D eigenvalue weighted by Gasteiger charge is 2.42. The lowest BCUT2D eigenvalue weighted by Crippen LogP contribution is -2.35. The van der Waals surface area contributed by atoms with Crippen LogP contribution in [0, 0.1) is 22.7 Å². The van der Waals surface area contributed by atoms with Gasteiger partial charge in [-0.15, -0.1) is 0 Å². The molecule has 0 N–H and O–H groups in total. The third kappa shape index (κ3) is 9.32. The molecule has 4 rings (SSSR count). The second-order valence-corrected chi connectivity index (χ2v) is 15.6. The third-order valence-corrected chi connectivity index (χ3v) is 9.79. The minimum absolute atomic E-state index is 0.00730. The van der Waals surface area contributed by atoms with Gasteiger partial charge in [-0.05, 0) is 89.6 Å². The number of hydrogen-bond donors (Lipinski definition) is 0. The Labute approximate surface area is 285 Å². The monoisotopic (exact) mass is 628 g/mol. The van der Waals surface area contributed by atoms with Gasteiger partial charge < -0.3 is 8.97 Å². The highest BCUT2D eigenvalue weighted by Crippen LogP contribution is 2.54. The molecule has 0 amide bonds. The van der Waals surface area contributed by atoms with E-state index in [-0.39, 0.29) is 5.41 Å². The van der Waals surface area contributed by atoms with Gasteiger partial charge in [0.2, 0.25) is 0 Å². The Bertz CT molecular complexity index is 1620. The Morgan fingerprint density at radius 1 is 0.617 bits per heavy atom. The molecule has 4 heteroatoms. The van der Waals surface area contributed by atoms with Crippen LogP contribution in [0.5, 0.6) is 0 Å². The second-order valence-electron chi connectivity index (χ2n) is 15.6. The Kier molecular flexibility index (Phi) is 12.0. The van der Waals surface area contributed by atoms with Gasteiger partial charge in [-0.25, -0.2) is 0 Å². The van der Waals surface area contributed by atoms with Crippen LogP contribution in [-0.2, 0) is 5.41 Å². The zero-order valence-electron chi connectivity index (χ0n) is 29.9. The minimum atomic E-state index is 0.00730. The Balaban J connectivity index is 1.65. The molecule has 0 aliphatic heterocycles. The van der Waals surface area contributed by atoms with E-state index in [1.807, 2.05) is 6.08 Å². The van der Waals surface area contributed by atoms with Gasteiger partial charge in [0.25, 0.3) is 0 Å². The van der Waals surface area contributed by atoms with E-state index in [1.165, 1.54) is 99.6 Å². The molecule has 0 atom stereocenters. The first kappa shape index (κ1) is 35.9. The summed E-state index contributed by atoms with van der Waals surface area (Å²) in [6.45, 7) is 6.26. The van der Waals surface area contributed by atoms with Crippen LogP contribution in [0.4, 0.5) is 0 Å². The first-order chi connectivity index (χ1) is 22.4. The third-order valence-electron chi connectivity index (χ3n) is 9.79. The van der Waals surface area contributed by atoms with E-state index in [4.69, 9.17) is 0 Å². The molecule has 3 aromatic rings. The highest BCUT2D eigenvalue weighted by molar-refractivity contribution is 5.84. The van der Waals surface area contributed by atoms with E-state index in [0.29, 0.717) is 16.7 Å². The molecule has 0 heterocycles. The van der Waals surface area contributed by atoms with E-state index >= 15 is 0 Å². The van der Waals surface area contributed by atoms with Crippen LogP contribution in [0.2, 0.25) is 0 Å². The molecule has 0 fully saturated rings. The van der Waals surface area contributed by atoms with Crippen LogP contribution in [0.1, 0.15) is 103 Å². The number of nitrogens with zero attached hydrogens (tertiary/aromatic N) is 4. The summed E-state index contributed by atoms with van der Waals surface area (Å²) in [6.07, 6.45) is 18.2. The van der Waals surface area contributed by atoms with E-state index in [2.05, 4.69) is 110 Å². The van der Waals surface area contributed by atoms with E-state index in [9.17, 15) is 10.5 Å². The summed E-state index contributed by atoms with van der Waals surface area (Å²) in [7, 11) is 13.7. The fraction of sp³-hybridized carbons (Fsp3) is 0.442. The number of fused-ring (bicyclic) bond motifs is 3. The van der Waals surface area contributed by atoms with Gasteiger partial charge in [0, 0.05) is 5.41 Å². The van der Waals surface area contributed by atoms with Gasteiger partial charge in [-0.2, -0.15) is 10.5 Å². The molecule has 246 valence electrons. The predicted octanol–water partition coefficient (Wildman–Crippen LogP) is 9.82. The molecule has 0 aromatic heterocycles. The van der Waals surface area contributed by atoms with Gasteiger partial charge in [0.15, 0.2) is 0 Å². The number of quaternary nitrogens is 2. The van der Waals surface area contributed by atoms with Crippen molar-refractivity contribution in [1.29, 1.82) is 10.5 Å². The van der Waals surface area contributed by atoms with Crippen LogP contribution in [0.3, 0.4) is 0 Å². The lowest BCUT2D eigenvalue weighted by Gasteiger charge is -2.33. The van der Waals surface area contributed by atoms with Crippen molar-refractivity contribution in [1.82, 2.24) is 0 Å². The van der Waals surface area contributed by atoms with Crippen molar-refractivity contribution in [3.63, 3.8) is 0 Å². The molecule has 0 spiro atoms. The first-order valence-electron chi connectivity index (χ1n) is 17.5. The fourth-order valence-electron chi connectivity index (χ4n) is 7.29. The van der Waals surface area contributed by atoms with E-state index in [1.54, 1.807) is 18.2 Å². The normalized spacial score (nSPS) is 13.6. The molecule has 1 aliphatic carbocycles. The number of benzene rings is 3. The number of unbranched alkanes of at least 4 members (excludes halogenated alkanes) is 6. The van der Waals surface area contributed by atoms with E-state index in [0.717, 1.165) is 20.1 Å². The van der Waals surface area contributed by atoms with Crippen molar-refractivity contribution in [3.05, 3.63) is 100 Å². The van der Waals surface area contributed by atoms with Gasteiger partial charge >= 0.3 is 0 Å². The molecule has 0 saturated heterocycles. The Morgan fingerprint density at radius 2 is 1.15 bits per heavy atom. The average molecular weight is 629 g/mol. The molecule has 1 aliphatic rings. The summed E-state index contributed by atoms with van der Waals surface area (Å²) >= 11 is 0. The lowest BCUT2D eigenvalue weighted by molar-refractivity contribution is -0.870. The molecule has 0 radical (unpaired) electrons. The molecule has 47 heavy (non-hydrogen) atoms. The number of hydrogen-bond acceptors (Lipinski definition) is 2. The topological polar surface area (TPSA) is 47.6 Å². The van der Waals surface area contributed by atoms with Crippen LogP contribution in [0.15, 0.2) is 61.2 Å². The smallest absolute Gasteiger partial charge is 0.0998 e. The first-order valence-corrected chi connectivity index (χ1v) is 17.5. The SMILES string of the molecule is C=Cc1cc(C#N)c(/C=C/c2ccc3c(c2)C(CCCCCC[N+](C)(C)C)(CCCCCC[N+](C)(C)C)c2ccccc2-3)cc1C#N. The second kappa shape index (κ2) is 15.8. The van der Waals surface area contributed by atoms with Gasteiger partial charge in [-0.1, -0.05) is 93.0 Å². The quantitative estimate of drug-likeness (QED) is 0.0849. The van der Waals surface area contributed by atoms with Gasteiger partial charge in [0.05, 0.1) is 78.6 Å². The Hall–Kier alpha value is -3.96. The zero-order chi connectivity index (χ0) is 34.1. The van der Waals surface area contributed by atoms with Crippen LogP contribution >= 0.6 is 0 Å². The molecule has 0 bridgehead atoms. The maximum atomic E-state index is 9.84. The largest absolute Gasteiger partial charge is 0.331 e. The van der Waals surface area contributed by atoms with Crippen LogP contribution in [-0.4, -0.2) is 64.3 Å². The van der Waals surface area contributed by atoms with Crippen molar-refractivity contribution in [2.75, 3.05) is 55.4 Å². The zero-order valence-corrected chi connectivity index (χ0v) is 29.9. The van der Waals surface area contributed by atoms with Crippen molar-refractivity contribution in [3.8, 4) is 23.3 Å². The molecule has 4 nitrogen and oxygen atoms in total. The maximum absolute atomic E-state index is 9.84. The van der Waals surface area contributed by atoms with Crippen molar-refractivity contribution in [2.24, 2.45) is 0 Å². The summed E-state index contributed by atoms with van der Waals surface area (Å²) in [6, 6.07) is 24.2. The molecular formula is C43H56N4+2. The van der Waals surface area contributed by atoms with Crippen molar-refractivity contribution in [2.45, 2.75) is 69.6 Å². The Morgan fingerprint density at radius 3 is 1.72 bits per heavy atom. The van der Waals surface area contributed by atoms with Crippen LogP contribution in [0.25, 0.3) is 29.4 Å². The number of rotatable bonds is 17.